The molecule has 0 unspecified atom stereocenters. The zero-order chi connectivity index (χ0) is 27.8. The van der Waals surface area contributed by atoms with E-state index in [0.29, 0.717) is 17.9 Å². The number of nitrogens with zero attached hydrogens (tertiary/aromatic N) is 5. The van der Waals surface area contributed by atoms with Crippen molar-refractivity contribution in [2.24, 2.45) is 0 Å². The standard InChI is InChI=1S/C31H28FN7O2/c1-40-22-9-19(8-21(32)11-22)26-16-34-17-29-24(26)12-28(36-29)31-25-13-27(35-18-30(25)37-38-31)20-10-23(15-33-14-20)41-7-6-39-4-2-3-5-39/h8-18,36H,2-7H2,1H3,(H,37,38). The van der Waals surface area contributed by atoms with Crippen LogP contribution in [-0.4, -0.2) is 68.4 Å². The molecule has 41 heavy (non-hydrogen) atoms. The molecule has 0 atom stereocenters. The minimum absolute atomic E-state index is 0.374. The summed E-state index contributed by atoms with van der Waals surface area (Å²) in [6.45, 7) is 3.84. The summed E-state index contributed by atoms with van der Waals surface area (Å²) < 4.78 is 25.6. The number of fused-ring (bicyclic) bond motifs is 2. The molecule has 1 aliphatic heterocycles. The van der Waals surface area contributed by atoms with Gasteiger partial charge in [0.2, 0.25) is 0 Å². The summed E-state index contributed by atoms with van der Waals surface area (Å²) in [6.07, 6.45) is 11.3. The first-order chi connectivity index (χ1) is 20.1. The Hall–Kier alpha value is -4.83. The fourth-order valence-corrected chi connectivity index (χ4v) is 5.46. The van der Waals surface area contributed by atoms with Crippen LogP contribution in [0.3, 0.4) is 0 Å². The van der Waals surface area contributed by atoms with Crippen LogP contribution in [0.2, 0.25) is 0 Å². The topological polar surface area (TPSA) is 105 Å². The number of aromatic amines is 2. The molecule has 0 aliphatic carbocycles. The van der Waals surface area contributed by atoms with Gasteiger partial charge in [-0.25, -0.2) is 4.39 Å². The SMILES string of the molecule is COc1cc(F)cc(-c2cncc3[nH]c(-c4n[nH]c5cnc(-c6cncc(OCCN7CCCC7)c6)cc45)cc23)c1. The highest BCUT2D eigenvalue weighted by atomic mass is 19.1. The number of H-pyrrole nitrogens is 2. The fraction of sp³-hybridized carbons (Fsp3) is 0.226. The van der Waals surface area contributed by atoms with Crippen LogP contribution in [0.4, 0.5) is 4.39 Å². The summed E-state index contributed by atoms with van der Waals surface area (Å²) in [5, 5.41) is 9.48. The lowest BCUT2D eigenvalue weighted by Crippen LogP contribution is -2.25. The molecule has 6 heterocycles. The summed E-state index contributed by atoms with van der Waals surface area (Å²) in [5.74, 6) is 0.795. The Morgan fingerprint density at radius 1 is 0.854 bits per heavy atom. The molecule has 5 aromatic heterocycles. The van der Waals surface area contributed by atoms with Gasteiger partial charge in [-0.2, -0.15) is 5.10 Å². The number of likely N-dealkylation sites (tertiary alicyclic amines) is 1. The number of hydrogen-bond acceptors (Lipinski definition) is 7. The van der Waals surface area contributed by atoms with Crippen LogP contribution in [0.5, 0.6) is 11.5 Å². The fourth-order valence-electron chi connectivity index (χ4n) is 5.46. The second-order valence-electron chi connectivity index (χ2n) is 10.2. The Kier molecular flexibility index (Phi) is 6.52. The van der Waals surface area contributed by atoms with Crippen molar-refractivity contribution in [1.29, 1.82) is 0 Å². The van der Waals surface area contributed by atoms with Gasteiger partial charge in [-0.05, 0) is 61.8 Å². The number of aromatic nitrogens is 6. The largest absolute Gasteiger partial charge is 0.497 e. The second kappa shape index (κ2) is 10.6. The van der Waals surface area contributed by atoms with Crippen LogP contribution in [0.1, 0.15) is 12.8 Å². The van der Waals surface area contributed by atoms with Gasteiger partial charge in [0.1, 0.15) is 29.6 Å². The molecule has 1 saturated heterocycles. The van der Waals surface area contributed by atoms with Gasteiger partial charge < -0.3 is 14.5 Å². The van der Waals surface area contributed by atoms with Crippen molar-refractivity contribution in [1.82, 2.24) is 35.0 Å². The molecular formula is C31H28FN7O2. The van der Waals surface area contributed by atoms with E-state index < -0.39 is 0 Å². The van der Waals surface area contributed by atoms with E-state index in [1.165, 1.54) is 32.1 Å². The minimum atomic E-state index is -0.374. The van der Waals surface area contributed by atoms with Crippen molar-refractivity contribution in [3.8, 4) is 45.3 Å². The Labute approximate surface area is 235 Å². The Bertz CT molecular complexity index is 1860. The van der Waals surface area contributed by atoms with Crippen molar-refractivity contribution >= 4 is 21.8 Å². The van der Waals surface area contributed by atoms with Gasteiger partial charge in [0.15, 0.2) is 0 Å². The van der Waals surface area contributed by atoms with E-state index in [-0.39, 0.29) is 5.82 Å². The van der Waals surface area contributed by atoms with Crippen LogP contribution in [0, 0.1) is 5.82 Å². The monoisotopic (exact) mass is 549 g/mol. The molecule has 0 bridgehead atoms. The molecule has 1 aliphatic rings. The first-order valence-corrected chi connectivity index (χ1v) is 13.6. The van der Waals surface area contributed by atoms with Gasteiger partial charge in [0, 0.05) is 46.9 Å². The number of nitrogens with one attached hydrogen (secondary N) is 2. The third-order valence-electron chi connectivity index (χ3n) is 7.55. The van der Waals surface area contributed by atoms with Crippen LogP contribution in [-0.2, 0) is 0 Å². The van der Waals surface area contributed by atoms with E-state index in [1.807, 2.05) is 18.2 Å². The highest BCUT2D eigenvalue weighted by Gasteiger charge is 2.16. The number of hydrogen-bond donors (Lipinski definition) is 2. The molecule has 10 heteroatoms. The summed E-state index contributed by atoms with van der Waals surface area (Å²) in [5.41, 5.74) is 6.27. The predicted octanol–water partition coefficient (Wildman–Crippen LogP) is 5.85. The lowest BCUT2D eigenvalue weighted by Gasteiger charge is -2.15. The van der Waals surface area contributed by atoms with Gasteiger partial charge >= 0.3 is 0 Å². The maximum absolute atomic E-state index is 14.3. The number of halogens is 1. The molecule has 206 valence electrons. The maximum Gasteiger partial charge on any atom is 0.138 e. The van der Waals surface area contributed by atoms with Gasteiger partial charge in [-0.3, -0.25) is 25.0 Å². The zero-order valence-electron chi connectivity index (χ0n) is 22.5. The number of rotatable bonds is 8. The molecule has 7 rings (SSSR count). The van der Waals surface area contributed by atoms with Crippen molar-refractivity contribution in [3.63, 3.8) is 0 Å². The lowest BCUT2D eigenvalue weighted by atomic mass is 10.0. The van der Waals surface area contributed by atoms with Crippen molar-refractivity contribution in [3.05, 3.63) is 73.2 Å². The minimum Gasteiger partial charge on any atom is -0.497 e. The van der Waals surface area contributed by atoms with Gasteiger partial charge in [-0.1, -0.05) is 0 Å². The van der Waals surface area contributed by atoms with E-state index in [9.17, 15) is 4.39 Å². The molecule has 1 fully saturated rings. The number of methoxy groups -OCH3 is 1. The molecule has 0 saturated carbocycles. The van der Waals surface area contributed by atoms with Gasteiger partial charge in [0.05, 0.1) is 48.1 Å². The molecular weight excluding hydrogens is 521 g/mol. The third-order valence-corrected chi connectivity index (χ3v) is 7.55. The van der Waals surface area contributed by atoms with Crippen molar-refractivity contribution in [2.75, 3.05) is 33.4 Å². The first kappa shape index (κ1) is 25.2. The average molecular weight is 550 g/mol. The Morgan fingerprint density at radius 2 is 1.71 bits per heavy atom. The second-order valence-corrected chi connectivity index (χ2v) is 10.2. The van der Waals surface area contributed by atoms with E-state index in [1.54, 1.807) is 37.1 Å². The average Bonchev–Trinajstić information content (AvgIpc) is 3.76. The van der Waals surface area contributed by atoms with Crippen molar-refractivity contribution < 1.29 is 13.9 Å². The molecule has 1 aromatic carbocycles. The Morgan fingerprint density at radius 3 is 2.59 bits per heavy atom. The highest BCUT2D eigenvalue weighted by molar-refractivity contribution is 6.01. The normalized spacial score (nSPS) is 13.8. The zero-order valence-corrected chi connectivity index (χ0v) is 22.5. The molecule has 9 nitrogen and oxygen atoms in total. The highest BCUT2D eigenvalue weighted by Crippen LogP contribution is 2.35. The first-order valence-electron chi connectivity index (χ1n) is 13.6. The number of pyridine rings is 3. The molecule has 2 N–H and O–H groups in total. The molecule has 0 radical (unpaired) electrons. The smallest absolute Gasteiger partial charge is 0.138 e. The van der Waals surface area contributed by atoms with E-state index in [2.05, 4.69) is 35.0 Å². The lowest BCUT2D eigenvalue weighted by molar-refractivity contribution is 0.237. The van der Waals surface area contributed by atoms with Crippen LogP contribution in [0.15, 0.2) is 67.4 Å². The van der Waals surface area contributed by atoms with Gasteiger partial charge in [0.25, 0.3) is 0 Å². The van der Waals surface area contributed by atoms with E-state index in [4.69, 9.17) is 9.47 Å². The van der Waals surface area contributed by atoms with Crippen LogP contribution < -0.4 is 9.47 Å². The van der Waals surface area contributed by atoms with E-state index in [0.717, 1.165) is 75.4 Å². The Balaban J connectivity index is 1.21. The third kappa shape index (κ3) is 4.98. The van der Waals surface area contributed by atoms with Crippen molar-refractivity contribution in [2.45, 2.75) is 12.8 Å². The number of ether oxygens (including phenoxy) is 2. The molecule has 6 aromatic rings. The maximum atomic E-state index is 14.3. The van der Waals surface area contributed by atoms with Crippen LogP contribution in [0.25, 0.3) is 55.6 Å². The summed E-state index contributed by atoms with van der Waals surface area (Å²) in [4.78, 5) is 19.3. The summed E-state index contributed by atoms with van der Waals surface area (Å²) in [7, 11) is 1.52. The quantitative estimate of drug-likeness (QED) is 0.245. The molecule has 0 amide bonds. The molecule has 0 spiro atoms. The number of benzene rings is 1. The van der Waals surface area contributed by atoms with Crippen LogP contribution >= 0.6 is 0 Å². The van der Waals surface area contributed by atoms with E-state index >= 15 is 0 Å². The summed E-state index contributed by atoms with van der Waals surface area (Å²) in [6, 6.07) is 10.6. The predicted molar refractivity (Wildman–Crippen MR) is 155 cm³/mol. The summed E-state index contributed by atoms with van der Waals surface area (Å²) >= 11 is 0. The van der Waals surface area contributed by atoms with Gasteiger partial charge in [-0.15, -0.1) is 0 Å².